The molecule has 2 aliphatic rings. The zero-order valence-electron chi connectivity index (χ0n) is 21.6. The summed E-state index contributed by atoms with van der Waals surface area (Å²) in [7, 11) is 0. The number of fused-ring (bicyclic) bond motifs is 1. The minimum Gasteiger partial charge on any atom is -0.489 e. The molecule has 200 valence electrons. The Bertz CT molecular complexity index is 1350. The molecule has 0 radical (unpaired) electrons. The summed E-state index contributed by atoms with van der Waals surface area (Å²) >= 11 is 7.01. The molecule has 2 saturated heterocycles. The predicted molar refractivity (Wildman–Crippen MR) is 148 cm³/mol. The molecule has 9 heteroatoms. The van der Waals surface area contributed by atoms with Crippen LogP contribution in [0.1, 0.15) is 54.1 Å². The van der Waals surface area contributed by atoms with Crippen LogP contribution in [0.4, 0.5) is 5.95 Å². The number of nitrogens with one attached hydrogen (secondary N) is 1. The molecule has 2 aromatic carbocycles. The molecule has 2 fully saturated rings. The Labute approximate surface area is 227 Å². The van der Waals surface area contributed by atoms with E-state index in [0.29, 0.717) is 59.6 Å². The lowest BCUT2D eigenvalue weighted by atomic mass is 10.1. The third-order valence-corrected chi connectivity index (χ3v) is 7.59. The van der Waals surface area contributed by atoms with Gasteiger partial charge in [0.15, 0.2) is 0 Å². The predicted octanol–water partition coefficient (Wildman–Crippen LogP) is 5.55. The minimum absolute atomic E-state index is 0.0224. The summed E-state index contributed by atoms with van der Waals surface area (Å²) < 4.78 is 13.7. The highest BCUT2D eigenvalue weighted by atomic mass is 35.5. The lowest BCUT2D eigenvalue weighted by Gasteiger charge is -2.27. The molecular formula is C29H33ClN4O4. The topological polar surface area (TPSA) is 85.7 Å². The maximum absolute atomic E-state index is 13.3. The Morgan fingerprint density at radius 3 is 2.76 bits per heavy atom. The second-order valence-corrected chi connectivity index (χ2v) is 10.3. The molecule has 1 aromatic heterocycles. The molecule has 0 bridgehead atoms. The van der Waals surface area contributed by atoms with Crippen molar-refractivity contribution in [1.82, 2.24) is 14.5 Å². The third-order valence-electron chi connectivity index (χ3n) is 7.22. The van der Waals surface area contributed by atoms with Crippen LogP contribution in [0, 0.1) is 6.92 Å². The molecule has 0 saturated carbocycles. The monoisotopic (exact) mass is 536 g/mol. The van der Waals surface area contributed by atoms with Gasteiger partial charge in [0.2, 0.25) is 11.9 Å². The number of halogens is 1. The summed E-state index contributed by atoms with van der Waals surface area (Å²) in [4.78, 5) is 32.4. The fraction of sp³-hybridized carbons (Fsp3) is 0.414. The van der Waals surface area contributed by atoms with Gasteiger partial charge in [-0.1, -0.05) is 35.9 Å². The largest absolute Gasteiger partial charge is 0.489 e. The second-order valence-electron chi connectivity index (χ2n) is 9.94. The quantitative estimate of drug-likeness (QED) is 0.418. The van der Waals surface area contributed by atoms with Gasteiger partial charge in [-0.15, -0.1) is 0 Å². The Morgan fingerprint density at radius 2 is 2.00 bits per heavy atom. The lowest BCUT2D eigenvalue weighted by molar-refractivity contribution is -0.126. The van der Waals surface area contributed by atoms with Crippen molar-refractivity contribution in [3.05, 3.63) is 65.2 Å². The summed E-state index contributed by atoms with van der Waals surface area (Å²) in [6.45, 7) is 8.06. The molecule has 0 aliphatic carbocycles. The number of hydrogen-bond acceptors (Lipinski definition) is 5. The van der Waals surface area contributed by atoms with Crippen LogP contribution in [0.15, 0.2) is 49.1 Å². The van der Waals surface area contributed by atoms with E-state index in [-0.39, 0.29) is 24.0 Å². The Balaban J connectivity index is 1.57. The van der Waals surface area contributed by atoms with Crippen LogP contribution in [0.2, 0.25) is 5.02 Å². The van der Waals surface area contributed by atoms with Crippen LogP contribution in [-0.2, 0) is 9.53 Å². The number of aryl methyl sites for hydroxylation is 1. The van der Waals surface area contributed by atoms with E-state index < -0.39 is 0 Å². The molecule has 8 nitrogen and oxygen atoms in total. The van der Waals surface area contributed by atoms with Crippen molar-refractivity contribution < 1.29 is 19.1 Å². The molecule has 2 amide bonds. The molecule has 0 spiro atoms. The van der Waals surface area contributed by atoms with Crippen LogP contribution in [0.3, 0.4) is 0 Å². The number of rotatable bonds is 6. The number of ether oxygens (including phenoxy) is 2. The number of carbonyl (C=O) groups is 2. The summed E-state index contributed by atoms with van der Waals surface area (Å²) in [6.07, 6.45) is 5.59. The Morgan fingerprint density at radius 1 is 1.18 bits per heavy atom. The number of imidazole rings is 1. The zero-order chi connectivity index (χ0) is 26.6. The molecule has 2 aliphatic heterocycles. The van der Waals surface area contributed by atoms with E-state index in [2.05, 4.69) is 11.9 Å². The second kappa shape index (κ2) is 11.6. The van der Waals surface area contributed by atoms with Gasteiger partial charge in [0.05, 0.1) is 30.3 Å². The average Bonchev–Trinajstić information content (AvgIpc) is 3.11. The van der Waals surface area contributed by atoms with Crippen molar-refractivity contribution >= 4 is 40.4 Å². The Kier molecular flexibility index (Phi) is 8.00. The van der Waals surface area contributed by atoms with Gasteiger partial charge in [0, 0.05) is 31.5 Å². The molecule has 5 rings (SSSR count). The first-order valence-electron chi connectivity index (χ1n) is 13.2. The van der Waals surface area contributed by atoms with Gasteiger partial charge >= 0.3 is 0 Å². The van der Waals surface area contributed by atoms with Gasteiger partial charge in [-0.05, 0) is 56.5 Å². The lowest BCUT2D eigenvalue weighted by Crippen LogP contribution is -2.34. The van der Waals surface area contributed by atoms with E-state index in [0.717, 1.165) is 37.7 Å². The first kappa shape index (κ1) is 26.3. The van der Waals surface area contributed by atoms with Crippen LogP contribution in [-0.4, -0.2) is 58.7 Å². The molecular weight excluding hydrogens is 504 g/mol. The van der Waals surface area contributed by atoms with Crippen molar-refractivity contribution in [2.24, 2.45) is 0 Å². The highest BCUT2D eigenvalue weighted by Crippen LogP contribution is 2.39. The van der Waals surface area contributed by atoms with Crippen LogP contribution in [0.25, 0.3) is 11.0 Å². The number of carbonyl (C=O) groups excluding carboxylic acids is 2. The van der Waals surface area contributed by atoms with Crippen molar-refractivity contribution in [2.75, 3.05) is 31.6 Å². The van der Waals surface area contributed by atoms with E-state index in [1.54, 1.807) is 11.0 Å². The third kappa shape index (κ3) is 5.56. The van der Waals surface area contributed by atoms with Crippen molar-refractivity contribution in [1.29, 1.82) is 0 Å². The average molecular weight is 537 g/mol. The number of anilines is 1. The molecule has 3 heterocycles. The summed E-state index contributed by atoms with van der Waals surface area (Å²) in [5, 5.41) is 3.47. The van der Waals surface area contributed by atoms with Crippen molar-refractivity contribution in [3.63, 3.8) is 0 Å². The highest BCUT2D eigenvalue weighted by molar-refractivity contribution is 6.36. The van der Waals surface area contributed by atoms with Gasteiger partial charge in [-0.25, -0.2) is 4.98 Å². The standard InChI is InChI=1S/C29H33ClN4O4/c1-3-25(35)33-14-5-4-9-21(18-33)34-27-23(10-11-24(26(27)30)38-22-12-15-37-16-13-22)31-29(34)32-28(36)20-8-6-7-19(2)17-20/h3,6-8,10-11,17,21-22H,1,4-5,9,12-16,18H2,2H3,(H,31,32,36)/t21-/m1/s1. The smallest absolute Gasteiger partial charge is 0.257 e. The fourth-order valence-electron chi connectivity index (χ4n) is 5.26. The fourth-order valence-corrected chi connectivity index (χ4v) is 5.55. The van der Waals surface area contributed by atoms with E-state index in [1.165, 1.54) is 6.08 Å². The molecule has 3 aromatic rings. The first-order chi connectivity index (χ1) is 18.4. The van der Waals surface area contributed by atoms with Gasteiger partial charge in [-0.3, -0.25) is 14.9 Å². The number of benzene rings is 2. The van der Waals surface area contributed by atoms with E-state index >= 15 is 0 Å². The summed E-state index contributed by atoms with van der Waals surface area (Å²) in [6, 6.07) is 11.0. The normalized spacial score (nSPS) is 18.7. The van der Waals surface area contributed by atoms with E-state index in [4.69, 9.17) is 26.1 Å². The van der Waals surface area contributed by atoms with Gasteiger partial charge < -0.3 is 18.9 Å². The first-order valence-corrected chi connectivity index (χ1v) is 13.6. The van der Waals surface area contributed by atoms with E-state index in [9.17, 15) is 9.59 Å². The number of likely N-dealkylation sites (tertiary alicyclic amines) is 1. The van der Waals surface area contributed by atoms with E-state index in [1.807, 2.05) is 41.8 Å². The maximum Gasteiger partial charge on any atom is 0.257 e. The molecule has 0 unspecified atom stereocenters. The number of amides is 2. The zero-order valence-corrected chi connectivity index (χ0v) is 22.4. The number of hydrogen-bond donors (Lipinski definition) is 1. The van der Waals surface area contributed by atoms with Gasteiger partial charge in [-0.2, -0.15) is 0 Å². The van der Waals surface area contributed by atoms with Gasteiger partial charge in [0.1, 0.15) is 16.9 Å². The molecule has 38 heavy (non-hydrogen) atoms. The maximum atomic E-state index is 13.3. The van der Waals surface area contributed by atoms with Crippen LogP contribution >= 0.6 is 11.6 Å². The molecule has 1 atom stereocenters. The Hall–Kier alpha value is -3.36. The summed E-state index contributed by atoms with van der Waals surface area (Å²) in [5.41, 5.74) is 2.88. The van der Waals surface area contributed by atoms with Gasteiger partial charge in [0.25, 0.3) is 5.91 Å². The van der Waals surface area contributed by atoms with Crippen molar-refractivity contribution in [2.45, 2.75) is 51.2 Å². The number of nitrogens with zero attached hydrogens (tertiary/aromatic N) is 3. The molecule has 1 N–H and O–H groups in total. The highest BCUT2D eigenvalue weighted by Gasteiger charge is 2.29. The van der Waals surface area contributed by atoms with Crippen LogP contribution in [0.5, 0.6) is 5.75 Å². The number of aromatic nitrogens is 2. The van der Waals surface area contributed by atoms with Crippen molar-refractivity contribution in [3.8, 4) is 5.75 Å². The minimum atomic E-state index is -0.257. The summed E-state index contributed by atoms with van der Waals surface area (Å²) in [5.74, 6) is 0.611. The SMILES string of the molecule is C=CC(=O)N1CCCC[C@@H](n2c(NC(=O)c3cccc(C)c3)nc3ccc(OC4CCOCC4)c(Cl)c32)C1. The van der Waals surface area contributed by atoms with Crippen LogP contribution < -0.4 is 10.1 Å².